The van der Waals surface area contributed by atoms with Gasteiger partial charge in [0.1, 0.15) is 11.5 Å². The van der Waals surface area contributed by atoms with Gasteiger partial charge < -0.3 is 9.64 Å². The van der Waals surface area contributed by atoms with Gasteiger partial charge in [0.05, 0.1) is 12.8 Å². The van der Waals surface area contributed by atoms with Crippen molar-refractivity contribution in [1.82, 2.24) is 0 Å². The molecule has 92 valence electrons. The smallest absolute Gasteiger partial charge is 0.142 e. The van der Waals surface area contributed by atoms with E-state index in [4.69, 9.17) is 4.74 Å². The van der Waals surface area contributed by atoms with E-state index in [9.17, 15) is 4.79 Å². The molecule has 0 spiro atoms. The van der Waals surface area contributed by atoms with Crippen molar-refractivity contribution in [3.8, 4) is 5.75 Å². The quantitative estimate of drug-likeness (QED) is 0.786. The van der Waals surface area contributed by atoms with Crippen molar-refractivity contribution in [2.24, 2.45) is 5.41 Å². The van der Waals surface area contributed by atoms with E-state index in [-0.39, 0.29) is 5.41 Å². The number of methoxy groups -OCH3 is 1. The predicted octanol–water partition coefficient (Wildman–Crippen LogP) is 2.50. The summed E-state index contributed by atoms with van der Waals surface area (Å²) in [6.07, 6.45) is 0.616. The second-order valence-corrected chi connectivity index (χ2v) is 5.15. The summed E-state index contributed by atoms with van der Waals surface area (Å²) in [7, 11) is 1.68. The van der Waals surface area contributed by atoms with Crippen LogP contribution in [0.3, 0.4) is 0 Å². The second-order valence-electron chi connectivity index (χ2n) is 5.15. The lowest BCUT2D eigenvalue weighted by atomic mass is 9.82. The number of carbonyl (C=O) groups is 1. The number of hydrogen-bond acceptors (Lipinski definition) is 3. The van der Waals surface area contributed by atoms with Gasteiger partial charge in [-0.2, -0.15) is 0 Å². The third-order valence-electron chi connectivity index (χ3n) is 3.38. The van der Waals surface area contributed by atoms with Crippen molar-refractivity contribution in [3.63, 3.8) is 0 Å². The largest absolute Gasteiger partial charge is 0.495 e. The number of piperidine rings is 1. The van der Waals surface area contributed by atoms with Gasteiger partial charge in [0.15, 0.2) is 0 Å². The summed E-state index contributed by atoms with van der Waals surface area (Å²) in [6.45, 7) is 5.56. The van der Waals surface area contributed by atoms with Crippen LogP contribution >= 0.6 is 0 Å². The van der Waals surface area contributed by atoms with Crippen LogP contribution in [0.25, 0.3) is 0 Å². The molecule has 0 amide bonds. The molecule has 0 aliphatic carbocycles. The molecule has 3 nitrogen and oxygen atoms in total. The molecular formula is C14H19NO2. The van der Waals surface area contributed by atoms with Gasteiger partial charge in [0.2, 0.25) is 0 Å². The van der Waals surface area contributed by atoms with E-state index in [0.29, 0.717) is 12.2 Å². The highest BCUT2D eigenvalue weighted by atomic mass is 16.5. The van der Waals surface area contributed by atoms with Crippen LogP contribution < -0.4 is 9.64 Å². The summed E-state index contributed by atoms with van der Waals surface area (Å²) in [5.41, 5.74) is 0.814. The molecule has 0 radical (unpaired) electrons. The van der Waals surface area contributed by atoms with Gasteiger partial charge in [-0.1, -0.05) is 26.0 Å². The number of nitrogens with zero attached hydrogens (tertiary/aromatic N) is 1. The number of hydrogen-bond donors (Lipinski definition) is 0. The van der Waals surface area contributed by atoms with Gasteiger partial charge in [0, 0.05) is 24.9 Å². The van der Waals surface area contributed by atoms with Crippen LogP contribution in [-0.4, -0.2) is 26.0 Å². The van der Waals surface area contributed by atoms with Crippen molar-refractivity contribution in [2.75, 3.05) is 25.1 Å². The molecule has 1 aliphatic rings. The van der Waals surface area contributed by atoms with Gasteiger partial charge in [0.25, 0.3) is 0 Å². The number of carbonyl (C=O) groups excluding carboxylic acids is 1. The zero-order valence-electron chi connectivity index (χ0n) is 10.7. The first-order valence-corrected chi connectivity index (χ1v) is 5.96. The highest BCUT2D eigenvalue weighted by Gasteiger charge is 2.34. The van der Waals surface area contributed by atoms with Gasteiger partial charge in [-0.3, -0.25) is 4.79 Å². The van der Waals surface area contributed by atoms with Crippen LogP contribution in [0.15, 0.2) is 24.3 Å². The van der Waals surface area contributed by atoms with Crippen molar-refractivity contribution in [1.29, 1.82) is 0 Å². The molecule has 0 atom stereocenters. The lowest BCUT2D eigenvalue weighted by molar-refractivity contribution is -0.127. The first kappa shape index (κ1) is 12.0. The third-order valence-corrected chi connectivity index (χ3v) is 3.38. The maximum absolute atomic E-state index is 11.8. The van der Waals surface area contributed by atoms with Gasteiger partial charge in [-0.15, -0.1) is 0 Å². The van der Waals surface area contributed by atoms with Crippen molar-refractivity contribution < 1.29 is 9.53 Å². The molecule has 0 aromatic heterocycles. The maximum Gasteiger partial charge on any atom is 0.142 e. The minimum atomic E-state index is -0.265. The molecule has 1 aromatic rings. The molecule has 1 aliphatic heterocycles. The molecule has 0 unspecified atom stereocenters. The van der Waals surface area contributed by atoms with Crippen LogP contribution in [0.5, 0.6) is 5.75 Å². The number of ketones is 1. The van der Waals surface area contributed by atoms with E-state index in [1.165, 1.54) is 0 Å². The summed E-state index contributed by atoms with van der Waals surface area (Å²) >= 11 is 0. The highest BCUT2D eigenvalue weighted by molar-refractivity contribution is 5.86. The van der Waals surface area contributed by atoms with E-state index in [2.05, 4.69) is 4.90 Å². The lowest BCUT2D eigenvalue weighted by Gasteiger charge is -2.38. The van der Waals surface area contributed by atoms with Crippen LogP contribution in [0.2, 0.25) is 0 Å². The molecule has 1 saturated heterocycles. The number of para-hydroxylation sites is 2. The summed E-state index contributed by atoms with van der Waals surface area (Å²) in [4.78, 5) is 14.0. The summed E-state index contributed by atoms with van der Waals surface area (Å²) < 4.78 is 5.37. The molecule has 0 N–H and O–H groups in total. The Balaban J connectivity index is 2.26. The van der Waals surface area contributed by atoms with Crippen molar-refractivity contribution in [2.45, 2.75) is 20.3 Å². The van der Waals surface area contributed by atoms with Gasteiger partial charge >= 0.3 is 0 Å². The lowest BCUT2D eigenvalue weighted by Crippen LogP contribution is -2.46. The molecule has 1 aromatic carbocycles. The maximum atomic E-state index is 11.8. The number of rotatable bonds is 2. The van der Waals surface area contributed by atoms with E-state index in [0.717, 1.165) is 24.5 Å². The summed E-state index contributed by atoms with van der Waals surface area (Å²) in [6, 6.07) is 7.97. The highest BCUT2D eigenvalue weighted by Crippen LogP contribution is 2.34. The van der Waals surface area contributed by atoms with Crippen LogP contribution in [0.4, 0.5) is 5.69 Å². The SMILES string of the molecule is COc1ccccc1N1CCC(=O)C(C)(C)C1. The van der Waals surface area contributed by atoms with Crippen molar-refractivity contribution in [3.05, 3.63) is 24.3 Å². The number of ether oxygens (including phenoxy) is 1. The molecule has 1 fully saturated rings. The predicted molar refractivity (Wildman–Crippen MR) is 68.6 cm³/mol. The fourth-order valence-corrected chi connectivity index (χ4v) is 2.32. The van der Waals surface area contributed by atoms with E-state index in [1.807, 2.05) is 38.1 Å². The first-order valence-electron chi connectivity index (χ1n) is 5.96. The second kappa shape index (κ2) is 4.40. The molecule has 17 heavy (non-hydrogen) atoms. The summed E-state index contributed by atoms with van der Waals surface area (Å²) in [5.74, 6) is 1.22. The van der Waals surface area contributed by atoms with Gasteiger partial charge in [-0.25, -0.2) is 0 Å². The number of Topliss-reactive ketones (excluding diaryl/α,β-unsaturated/α-hetero) is 1. The van der Waals surface area contributed by atoms with Crippen LogP contribution in [-0.2, 0) is 4.79 Å². The van der Waals surface area contributed by atoms with E-state index in [1.54, 1.807) is 7.11 Å². The monoisotopic (exact) mass is 233 g/mol. The Morgan fingerprint density at radius 3 is 2.65 bits per heavy atom. The molecule has 1 heterocycles. The molecule has 0 saturated carbocycles. The molecule has 2 rings (SSSR count). The van der Waals surface area contributed by atoms with Crippen LogP contribution in [0.1, 0.15) is 20.3 Å². The Bertz CT molecular complexity index is 426. The summed E-state index contributed by atoms with van der Waals surface area (Å²) in [5, 5.41) is 0. The number of benzene rings is 1. The Hall–Kier alpha value is -1.51. The standard InChI is InChI=1S/C14H19NO2/c1-14(2)10-15(9-8-13(14)16)11-6-4-5-7-12(11)17-3/h4-7H,8-10H2,1-3H3. The third kappa shape index (κ3) is 2.28. The zero-order chi connectivity index (χ0) is 12.5. The van der Waals surface area contributed by atoms with E-state index < -0.39 is 0 Å². The fraction of sp³-hybridized carbons (Fsp3) is 0.500. The molecule has 0 bridgehead atoms. The van der Waals surface area contributed by atoms with Gasteiger partial charge in [-0.05, 0) is 12.1 Å². The molecular weight excluding hydrogens is 214 g/mol. The Kier molecular flexibility index (Phi) is 3.09. The topological polar surface area (TPSA) is 29.5 Å². The Morgan fingerprint density at radius 2 is 2.00 bits per heavy atom. The molecule has 3 heteroatoms. The average Bonchev–Trinajstić information content (AvgIpc) is 2.32. The van der Waals surface area contributed by atoms with E-state index >= 15 is 0 Å². The Labute approximate surface area is 102 Å². The minimum absolute atomic E-state index is 0.265. The zero-order valence-corrected chi connectivity index (χ0v) is 10.7. The minimum Gasteiger partial charge on any atom is -0.495 e. The first-order chi connectivity index (χ1) is 8.04. The number of anilines is 1. The fourth-order valence-electron chi connectivity index (χ4n) is 2.32. The van der Waals surface area contributed by atoms with Crippen LogP contribution in [0, 0.1) is 5.41 Å². The normalized spacial score (nSPS) is 19.2. The Morgan fingerprint density at radius 1 is 1.29 bits per heavy atom. The average molecular weight is 233 g/mol. The van der Waals surface area contributed by atoms with Crippen molar-refractivity contribution >= 4 is 11.5 Å².